The molecule has 2 N–H and O–H groups in total. The number of hydrogen-bond acceptors (Lipinski definition) is 7. The first-order chi connectivity index (χ1) is 8.81. The van der Waals surface area contributed by atoms with Crippen LogP contribution in [0, 0.1) is 0 Å². The lowest BCUT2D eigenvalue weighted by atomic mass is 10.0. The topological polar surface area (TPSA) is 111 Å². The fraction of sp³-hybridized carbons (Fsp3) is 0.727. The van der Waals surface area contributed by atoms with Crippen molar-refractivity contribution in [3.63, 3.8) is 0 Å². The van der Waals surface area contributed by atoms with Crippen LogP contribution in [-0.4, -0.2) is 54.1 Å². The number of amides is 1. The highest BCUT2D eigenvalue weighted by atomic mass is 16.7. The van der Waals surface area contributed by atoms with Gasteiger partial charge < -0.3 is 24.6 Å². The molecule has 0 aromatic rings. The third-order valence-electron chi connectivity index (χ3n) is 2.44. The molecule has 0 aliphatic carbocycles. The van der Waals surface area contributed by atoms with E-state index in [0.29, 0.717) is 0 Å². The Morgan fingerprint density at radius 2 is 1.63 bits per heavy atom. The van der Waals surface area contributed by atoms with Crippen molar-refractivity contribution in [1.29, 1.82) is 0 Å². The van der Waals surface area contributed by atoms with E-state index in [-0.39, 0.29) is 12.5 Å². The summed E-state index contributed by atoms with van der Waals surface area (Å²) in [4.78, 5) is 33.2. The molecule has 4 atom stereocenters. The summed E-state index contributed by atoms with van der Waals surface area (Å²) >= 11 is 0. The van der Waals surface area contributed by atoms with E-state index in [4.69, 9.17) is 14.2 Å². The van der Waals surface area contributed by atoms with Crippen LogP contribution in [-0.2, 0) is 28.6 Å². The van der Waals surface area contributed by atoms with Gasteiger partial charge in [0.25, 0.3) is 0 Å². The van der Waals surface area contributed by atoms with E-state index >= 15 is 0 Å². The molecule has 0 bridgehead atoms. The van der Waals surface area contributed by atoms with Crippen LogP contribution in [0.1, 0.15) is 20.8 Å². The van der Waals surface area contributed by atoms with E-state index in [1.165, 1.54) is 13.8 Å². The Balaban J connectivity index is 2.89. The number of esters is 2. The van der Waals surface area contributed by atoms with Crippen molar-refractivity contribution in [2.45, 2.75) is 45.3 Å². The Morgan fingerprint density at radius 3 is 2.11 bits per heavy atom. The summed E-state index contributed by atoms with van der Waals surface area (Å²) in [5.41, 5.74) is 0. The maximum Gasteiger partial charge on any atom is 0.303 e. The fourth-order valence-electron chi connectivity index (χ4n) is 1.83. The van der Waals surface area contributed by atoms with E-state index in [9.17, 15) is 19.5 Å². The Kier molecular flexibility index (Phi) is 5.25. The van der Waals surface area contributed by atoms with Gasteiger partial charge in [-0.1, -0.05) is 0 Å². The second-order valence-corrected chi connectivity index (χ2v) is 4.18. The zero-order valence-corrected chi connectivity index (χ0v) is 10.9. The smallest absolute Gasteiger partial charge is 0.303 e. The predicted molar refractivity (Wildman–Crippen MR) is 60.7 cm³/mol. The SMILES string of the molecule is CC(=O)N[C@@H]1CO[C@H](O)[C@H](OC(C)=O)[C@H]1OC(C)=O. The molecule has 1 heterocycles. The highest BCUT2D eigenvalue weighted by molar-refractivity contribution is 5.73. The van der Waals surface area contributed by atoms with Crippen LogP contribution >= 0.6 is 0 Å². The van der Waals surface area contributed by atoms with Crippen LogP contribution in [0.15, 0.2) is 0 Å². The number of carbonyl (C=O) groups is 3. The number of aliphatic hydroxyl groups excluding tert-OH is 1. The number of ether oxygens (including phenoxy) is 3. The van der Waals surface area contributed by atoms with E-state index in [2.05, 4.69) is 5.32 Å². The lowest BCUT2D eigenvalue weighted by molar-refractivity contribution is -0.245. The van der Waals surface area contributed by atoms with Crippen molar-refractivity contribution >= 4 is 17.8 Å². The summed E-state index contributed by atoms with van der Waals surface area (Å²) in [5, 5.41) is 12.2. The van der Waals surface area contributed by atoms with Gasteiger partial charge in [-0.05, 0) is 0 Å². The minimum absolute atomic E-state index is 0.0591. The molecule has 1 rings (SSSR count). The van der Waals surface area contributed by atoms with Gasteiger partial charge in [-0.2, -0.15) is 0 Å². The van der Waals surface area contributed by atoms with Crippen molar-refractivity contribution in [1.82, 2.24) is 5.32 Å². The van der Waals surface area contributed by atoms with Crippen LogP contribution in [0.5, 0.6) is 0 Å². The average Bonchev–Trinajstić information content (AvgIpc) is 2.25. The highest BCUT2D eigenvalue weighted by Gasteiger charge is 2.44. The van der Waals surface area contributed by atoms with Gasteiger partial charge in [-0.3, -0.25) is 14.4 Å². The van der Waals surface area contributed by atoms with Crippen molar-refractivity contribution in [2.24, 2.45) is 0 Å². The van der Waals surface area contributed by atoms with Gasteiger partial charge in [0, 0.05) is 20.8 Å². The largest absolute Gasteiger partial charge is 0.456 e. The molecule has 0 aromatic heterocycles. The normalized spacial score (nSPS) is 30.3. The van der Waals surface area contributed by atoms with Gasteiger partial charge in [0.15, 0.2) is 18.5 Å². The Hall–Kier alpha value is -1.67. The minimum atomic E-state index is -1.42. The second kappa shape index (κ2) is 6.48. The van der Waals surface area contributed by atoms with Crippen molar-refractivity contribution in [3.05, 3.63) is 0 Å². The zero-order chi connectivity index (χ0) is 14.6. The van der Waals surface area contributed by atoms with Crippen LogP contribution in [0.3, 0.4) is 0 Å². The lowest BCUT2D eigenvalue weighted by Gasteiger charge is -2.39. The van der Waals surface area contributed by atoms with Crippen molar-refractivity contribution in [2.75, 3.05) is 6.61 Å². The van der Waals surface area contributed by atoms with E-state index in [1.807, 2.05) is 0 Å². The molecule has 0 spiro atoms. The maximum atomic E-state index is 11.1. The molecule has 1 saturated heterocycles. The first-order valence-electron chi connectivity index (χ1n) is 5.72. The van der Waals surface area contributed by atoms with Gasteiger partial charge in [-0.25, -0.2) is 0 Å². The van der Waals surface area contributed by atoms with Crippen molar-refractivity contribution in [3.8, 4) is 0 Å². The average molecular weight is 275 g/mol. The molecule has 1 aliphatic rings. The van der Waals surface area contributed by atoms with Gasteiger partial charge in [-0.15, -0.1) is 0 Å². The summed E-state index contributed by atoms with van der Waals surface area (Å²) < 4.78 is 14.9. The maximum absolute atomic E-state index is 11.1. The molecule has 1 fully saturated rings. The van der Waals surface area contributed by atoms with Gasteiger partial charge in [0.05, 0.1) is 12.6 Å². The third-order valence-corrected chi connectivity index (χ3v) is 2.44. The van der Waals surface area contributed by atoms with Crippen LogP contribution in [0.25, 0.3) is 0 Å². The number of nitrogens with one attached hydrogen (secondary N) is 1. The molecule has 1 amide bonds. The molecule has 0 unspecified atom stereocenters. The summed E-state index contributed by atoms with van der Waals surface area (Å²) in [6.45, 7) is 3.56. The third kappa shape index (κ3) is 4.49. The summed E-state index contributed by atoms with van der Waals surface area (Å²) in [7, 11) is 0. The highest BCUT2D eigenvalue weighted by Crippen LogP contribution is 2.20. The quantitative estimate of drug-likeness (QED) is 0.616. The van der Waals surface area contributed by atoms with E-state index < -0.39 is 36.5 Å². The lowest BCUT2D eigenvalue weighted by Crippen LogP contribution is -2.61. The molecule has 8 nitrogen and oxygen atoms in total. The van der Waals surface area contributed by atoms with Crippen LogP contribution < -0.4 is 5.32 Å². The van der Waals surface area contributed by atoms with Gasteiger partial charge in [0.2, 0.25) is 5.91 Å². The number of aliphatic hydroxyl groups is 1. The molecule has 0 radical (unpaired) electrons. The van der Waals surface area contributed by atoms with E-state index in [0.717, 1.165) is 6.92 Å². The number of rotatable bonds is 3. The van der Waals surface area contributed by atoms with Crippen LogP contribution in [0.4, 0.5) is 0 Å². The Labute approximate surface area is 110 Å². The number of hydrogen-bond donors (Lipinski definition) is 2. The molecule has 108 valence electrons. The monoisotopic (exact) mass is 275 g/mol. The van der Waals surface area contributed by atoms with Crippen LogP contribution in [0.2, 0.25) is 0 Å². The molecule has 19 heavy (non-hydrogen) atoms. The van der Waals surface area contributed by atoms with Gasteiger partial charge in [0.1, 0.15) is 0 Å². The van der Waals surface area contributed by atoms with Gasteiger partial charge >= 0.3 is 11.9 Å². The standard InChI is InChI=1S/C11H17NO7/c1-5(13)12-8-4-17-11(16)10(19-7(3)15)9(8)18-6(2)14/h8-11,16H,4H2,1-3H3,(H,12,13)/t8-,9+,10-,11+/m1/s1. The first kappa shape index (κ1) is 15.4. The first-order valence-corrected chi connectivity index (χ1v) is 5.72. The zero-order valence-electron chi connectivity index (χ0n) is 10.9. The second-order valence-electron chi connectivity index (χ2n) is 4.18. The molecule has 1 aliphatic heterocycles. The molecular weight excluding hydrogens is 258 g/mol. The Bertz CT molecular complexity index is 370. The Morgan fingerprint density at radius 1 is 1.11 bits per heavy atom. The summed E-state index contributed by atoms with van der Waals surface area (Å²) in [6.07, 6.45) is -3.61. The summed E-state index contributed by atoms with van der Waals surface area (Å²) in [5.74, 6) is -1.64. The minimum Gasteiger partial charge on any atom is -0.456 e. The molecule has 0 aromatic carbocycles. The predicted octanol–water partition coefficient (Wildman–Crippen LogP) is -1.30. The molecular formula is C11H17NO7. The number of carbonyl (C=O) groups excluding carboxylic acids is 3. The molecule has 0 saturated carbocycles. The van der Waals surface area contributed by atoms with E-state index in [1.54, 1.807) is 0 Å². The molecule has 8 heteroatoms. The fourth-order valence-corrected chi connectivity index (χ4v) is 1.83. The van der Waals surface area contributed by atoms with Crippen molar-refractivity contribution < 1.29 is 33.7 Å². The summed E-state index contributed by atoms with van der Waals surface area (Å²) in [6, 6.07) is -0.700.